The number of alkyl halides is 6. The van der Waals surface area contributed by atoms with E-state index in [-0.39, 0.29) is 70.6 Å². The summed E-state index contributed by atoms with van der Waals surface area (Å²) in [6.45, 7) is 4.51. The number of aromatic nitrogens is 4. The molecule has 15 nitrogen and oxygen atoms in total. The van der Waals surface area contributed by atoms with Gasteiger partial charge in [0.05, 0.1) is 41.6 Å². The summed E-state index contributed by atoms with van der Waals surface area (Å²) in [5.74, 6) is -0.406. The highest BCUT2D eigenvalue weighted by Crippen LogP contribution is 2.42. The fraction of sp³-hybridized carbons (Fsp3) is 0.440. The zero-order valence-corrected chi connectivity index (χ0v) is 42.6. The number of urea groups is 1. The monoisotopic (exact) mass is 1090 g/mol. The highest BCUT2D eigenvalue weighted by Gasteiger charge is 2.44. The molecule has 0 radical (unpaired) electrons. The average Bonchev–Trinajstić information content (AvgIpc) is 3.38. The largest absolute Gasteiger partial charge is 0.418 e. The summed E-state index contributed by atoms with van der Waals surface area (Å²) >= 11 is 0. The van der Waals surface area contributed by atoms with Gasteiger partial charge in [-0.2, -0.15) is 53.3 Å². The molecule has 3 amide bonds. The van der Waals surface area contributed by atoms with Gasteiger partial charge >= 0.3 is 24.5 Å². The number of nitrogens with zero attached hydrogens (tertiary/aromatic N) is 9. The summed E-state index contributed by atoms with van der Waals surface area (Å²) in [5.41, 5.74) is 1.86. The van der Waals surface area contributed by atoms with E-state index in [0.717, 1.165) is 74.9 Å². The van der Waals surface area contributed by atoms with E-state index in [1.54, 1.807) is 45.0 Å². The van der Waals surface area contributed by atoms with Crippen LogP contribution in [0.4, 0.5) is 91.0 Å². The van der Waals surface area contributed by atoms with Crippen molar-refractivity contribution in [3.05, 3.63) is 103 Å². The van der Waals surface area contributed by atoms with Gasteiger partial charge in [-0.15, -0.1) is 0 Å². The average molecular weight is 1090 g/mol. The summed E-state index contributed by atoms with van der Waals surface area (Å²) in [6.07, 6.45) is -1.70. The van der Waals surface area contributed by atoms with Gasteiger partial charge in [0.25, 0.3) is 0 Å². The minimum Gasteiger partial charge on any atom is -0.410 e. The molecule has 1 aromatic carbocycles. The number of benzene rings is 1. The predicted octanol–water partition coefficient (Wildman–Crippen LogP) is 10.7. The molecule has 2 unspecified atom stereocenters. The number of nitrogens with one attached hydrogen (secondary N) is 3. The Hall–Kier alpha value is -6.50. The molecule has 6 aliphatic heterocycles. The predicted molar refractivity (Wildman–Crippen MR) is 281 cm³/mol. The lowest BCUT2D eigenvalue weighted by Gasteiger charge is -2.46. The maximum absolute atomic E-state index is 13.3. The van der Waals surface area contributed by atoms with E-state index in [1.807, 2.05) is 24.3 Å². The van der Waals surface area contributed by atoms with E-state index in [9.17, 15) is 44.7 Å². The first-order chi connectivity index (χ1) is 35.0. The SMILES string of the molecule is FC(F)(F)C1CCCN(c2ccc3c(n2)N[C@H]2CCCN3C2)C1.O=C(Nc1ccc(F)cn1)N1c2nc(N3CCCC(C(F)(F)F)C3)ccc2N2CCC[C@H]1C2.O=C(Nc1ccc(F)cn1)Oc1ccccc1.S.S. The molecule has 10 heterocycles. The van der Waals surface area contributed by atoms with Crippen LogP contribution < -0.4 is 45.2 Å². The zero-order chi connectivity index (χ0) is 51.3. The Morgan fingerprint density at radius 1 is 0.587 bits per heavy atom. The minimum atomic E-state index is -4.25. The number of hydrogen-bond acceptors (Lipinski definition) is 12. The van der Waals surface area contributed by atoms with Gasteiger partial charge in [0, 0.05) is 58.4 Å². The Morgan fingerprint density at radius 2 is 1.12 bits per heavy atom. The van der Waals surface area contributed by atoms with Crippen molar-refractivity contribution >= 4 is 85.4 Å². The number of hydrogen-bond donors (Lipinski definition) is 3. The molecule has 5 aromatic rings. The number of ether oxygens (including phenoxy) is 1. The molecule has 3 N–H and O–H groups in total. The molecule has 11 rings (SSSR count). The quantitative estimate of drug-likeness (QED) is 0.144. The number of halogens is 8. The van der Waals surface area contributed by atoms with Gasteiger partial charge in [0.2, 0.25) is 0 Å². The molecule has 75 heavy (non-hydrogen) atoms. The number of pyridine rings is 4. The first-order valence-electron chi connectivity index (χ1n) is 24.3. The van der Waals surface area contributed by atoms with Crippen LogP contribution in [0.25, 0.3) is 0 Å². The Morgan fingerprint density at radius 3 is 1.71 bits per heavy atom. The van der Waals surface area contributed by atoms with Gasteiger partial charge in [0.15, 0.2) is 11.6 Å². The third kappa shape index (κ3) is 14.1. The Labute approximate surface area is 442 Å². The molecule has 0 saturated carbocycles. The maximum atomic E-state index is 13.3. The second-order valence-corrected chi connectivity index (χ2v) is 18.7. The number of rotatable bonds is 5. The Balaban J connectivity index is 0.000000171. The van der Waals surface area contributed by atoms with Gasteiger partial charge in [-0.3, -0.25) is 15.5 Å². The number of amides is 3. The third-order valence-electron chi connectivity index (χ3n) is 13.6. The molecule has 4 aromatic heterocycles. The van der Waals surface area contributed by atoms with Crippen LogP contribution in [-0.2, 0) is 0 Å². The van der Waals surface area contributed by atoms with Crippen LogP contribution in [0.2, 0.25) is 0 Å². The number of carbonyl (C=O) groups is 2. The van der Waals surface area contributed by atoms with Crippen LogP contribution in [-0.4, -0.2) is 109 Å². The molecule has 404 valence electrons. The van der Waals surface area contributed by atoms with Gasteiger partial charge in [-0.25, -0.2) is 38.3 Å². The van der Waals surface area contributed by atoms with Crippen LogP contribution >= 0.6 is 27.0 Å². The summed E-state index contributed by atoms with van der Waals surface area (Å²) in [4.78, 5) is 51.0. The van der Waals surface area contributed by atoms with E-state index in [1.165, 1.54) is 24.3 Å². The molecule has 25 heteroatoms. The number of piperidine rings is 4. The molecule has 0 aliphatic carbocycles. The maximum Gasteiger partial charge on any atom is 0.418 e. The Bertz CT molecular complexity index is 2700. The molecule has 6 aliphatic rings. The molecular formula is C50H58F8N12O3S2. The van der Waals surface area contributed by atoms with Crippen molar-refractivity contribution in [2.45, 2.75) is 75.8 Å². The van der Waals surface area contributed by atoms with Crippen molar-refractivity contribution in [3.8, 4) is 5.75 Å². The second kappa shape index (κ2) is 24.4. The Kier molecular flexibility index (Phi) is 18.3. The van der Waals surface area contributed by atoms with Crippen LogP contribution in [0.1, 0.15) is 51.4 Å². The minimum absolute atomic E-state index is 0. The van der Waals surface area contributed by atoms with Crippen LogP contribution in [0, 0.1) is 23.5 Å². The summed E-state index contributed by atoms with van der Waals surface area (Å²) in [5, 5.41) is 8.52. The number of para-hydroxylation sites is 1. The van der Waals surface area contributed by atoms with Crippen molar-refractivity contribution in [2.75, 3.05) is 92.8 Å². The van der Waals surface area contributed by atoms with E-state index in [0.29, 0.717) is 61.7 Å². The molecule has 0 spiro atoms. The summed E-state index contributed by atoms with van der Waals surface area (Å²) in [7, 11) is 0. The third-order valence-corrected chi connectivity index (χ3v) is 13.6. The lowest BCUT2D eigenvalue weighted by atomic mass is 9.97. The lowest BCUT2D eigenvalue weighted by Crippen LogP contribution is -2.56. The fourth-order valence-electron chi connectivity index (χ4n) is 10.0. The molecule has 4 atom stereocenters. The van der Waals surface area contributed by atoms with Gasteiger partial charge in [0.1, 0.15) is 40.7 Å². The van der Waals surface area contributed by atoms with Crippen LogP contribution in [0.5, 0.6) is 5.75 Å². The van der Waals surface area contributed by atoms with E-state index < -0.39 is 47.9 Å². The van der Waals surface area contributed by atoms with Gasteiger partial charge in [-0.1, -0.05) is 18.2 Å². The first-order valence-corrected chi connectivity index (χ1v) is 24.3. The smallest absolute Gasteiger partial charge is 0.410 e. The number of carbonyl (C=O) groups excluding carboxylic acids is 2. The van der Waals surface area contributed by atoms with E-state index in [2.05, 4.69) is 40.7 Å². The molecular weight excluding hydrogens is 1030 g/mol. The fourth-order valence-corrected chi connectivity index (χ4v) is 10.0. The topological polar surface area (TPSA) is 147 Å². The highest BCUT2D eigenvalue weighted by molar-refractivity contribution is 7.59. The highest BCUT2D eigenvalue weighted by atomic mass is 32.1. The van der Waals surface area contributed by atoms with Crippen LogP contribution in [0.3, 0.4) is 0 Å². The standard InChI is InChI=1S/C22H24F4N6O.C16H21F3N4.C12H9FN2O2.2H2S/c23-15-5-7-18(27-11-15)28-21(33)32-16-4-2-9-30(13-16)17-6-8-19(29-20(17)32)31-10-1-3-14(12-31)22(24,25)26;17-16(18,19)11-3-1-8-23(9-11)14-6-5-13-15(21-14)20-12-4-2-7-22(13)10-12;13-9-6-7-11(14-8-9)15-12(16)17-10-4-2-1-3-5-10;;/h5-8,11,14,16H,1-4,9-10,12-13H2,(H,27,28,33);5-6,11-12H,1-4,7-10H2,(H,20,21);1-8H,(H,14,15,16);2*1H2/t14?,16-;11?,12-;;;/m00.../s1. The zero-order valence-electron chi connectivity index (χ0n) is 40.6. The van der Waals surface area contributed by atoms with Crippen LogP contribution in [0.15, 0.2) is 91.3 Å². The molecule has 4 saturated heterocycles. The van der Waals surface area contributed by atoms with Crippen molar-refractivity contribution < 1.29 is 49.4 Å². The lowest BCUT2D eigenvalue weighted by molar-refractivity contribution is -0.176. The first kappa shape index (κ1) is 56.2. The normalized spacial score (nSPS) is 20.6. The number of fused-ring (bicyclic) bond motifs is 8. The van der Waals surface area contributed by atoms with Gasteiger partial charge in [-0.05, 0) is 112 Å². The molecule has 4 bridgehead atoms. The molecule has 4 fully saturated rings. The van der Waals surface area contributed by atoms with Crippen molar-refractivity contribution in [1.82, 2.24) is 19.9 Å². The number of anilines is 8. The summed E-state index contributed by atoms with van der Waals surface area (Å²) < 4.78 is 110. The van der Waals surface area contributed by atoms with Crippen molar-refractivity contribution in [3.63, 3.8) is 0 Å². The second-order valence-electron chi connectivity index (χ2n) is 18.7. The van der Waals surface area contributed by atoms with Crippen molar-refractivity contribution in [2.24, 2.45) is 11.8 Å². The van der Waals surface area contributed by atoms with E-state index in [4.69, 9.17) is 9.72 Å². The van der Waals surface area contributed by atoms with E-state index >= 15 is 0 Å². The summed E-state index contributed by atoms with van der Waals surface area (Å²) in [6, 6.07) is 21.0. The van der Waals surface area contributed by atoms with Crippen molar-refractivity contribution in [1.29, 1.82) is 0 Å². The van der Waals surface area contributed by atoms with Gasteiger partial charge < -0.3 is 29.7 Å².